The van der Waals surface area contributed by atoms with E-state index in [2.05, 4.69) is 35.3 Å². The van der Waals surface area contributed by atoms with Crippen molar-refractivity contribution in [2.75, 3.05) is 11.9 Å². The maximum absolute atomic E-state index is 12.6. The zero-order valence-corrected chi connectivity index (χ0v) is 19.2. The number of thiophene rings is 1. The monoisotopic (exact) mass is 464 g/mol. The third kappa shape index (κ3) is 4.81. The van der Waals surface area contributed by atoms with Crippen LogP contribution in [0.1, 0.15) is 40.1 Å². The molecule has 4 rings (SSSR count). The summed E-state index contributed by atoms with van der Waals surface area (Å²) >= 11 is -0.819. The summed E-state index contributed by atoms with van der Waals surface area (Å²) < 4.78 is 22.0. The van der Waals surface area contributed by atoms with E-state index in [-0.39, 0.29) is 23.3 Å². The molecule has 0 bridgehead atoms. The lowest BCUT2D eigenvalue weighted by atomic mass is 10.00. The molecule has 1 aliphatic heterocycles. The predicted molar refractivity (Wildman–Crippen MR) is 124 cm³/mol. The van der Waals surface area contributed by atoms with Crippen LogP contribution in [0, 0.1) is 11.3 Å². The van der Waals surface area contributed by atoms with Crippen molar-refractivity contribution in [3.63, 3.8) is 0 Å². The fourth-order valence-electron chi connectivity index (χ4n) is 3.98. The highest BCUT2D eigenvalue weighted by atomic mass is 32.2. The lowest BCUT2D eigenvalue weighted by Gasteiger charge is -2.32. The summed E-state index contributed by atoms with van der Waals surface area (Å²) in [6.07, 6.45) is 0.881. The van der Waals surface area contributed by atoms with Gasteiger partial charge in [-0.3, -0.25) is 13.9 Å². The molecule has 0 saturated carbocycles. The average molecular weight is 465 g/mol. The Hall–Kier alpha value is -2.83. The van der Waals surface area contributed by atoms with Crippen molar-refractivity contribution < 1.29 is 13.6 Å². The van der Waals surface area contributed by atoms with Gasteiger partial charge in [0.15, 0.2) is 0 Å². The van der Waals surface area contributed by atoms with Gasteiger partial charge in [0, 0.05) is 28.9 Å². The number of carbonyl (C=O) groups excluding carboxylic acids is 1. The van der Waals surface area contributed by atoms with E-state index in [0.29, 0.717) is 16.1 Å². The molecule has 0 saturated heterocycles. The van der Waals surface area contributed by atoms with Gasteiger partial charge in [-0.15, -0.1) is 11.3 Å². The zero-order chi connectivity index (χ0) is 22.7. The Morgan fingerprint density at radius 1 is 1.25 bits per heavy atom. The number of nitrogens with one attached hydrogen (secondary N) is 1. The highest BCUT2D eigenvalue weighted by molar-refractivity contribution is 7.79. The maximum atomic E-state index is 12.6. The molecule has 0 radical (unpaired) electrons. The Morgan fingerprint density at radius 2 is 1.97 bits per heavy atom. The maximum Gasteiger partial charge on any atom is 0.229 e. The predicted octanol–water partition coefficient (Wildman–Crippen LogP) is 4.16. The summed E-state index contributed by atoms with van der Waals surface area (Å²) in [6, 6.07) is 19.1. The molecule has 2 atom stereocenters. The molecule has 0 spiro atoms. The van der Waals surface area contributed by atoms with Gasteiger partial charge in [0.25, 0.3) is 0 Å². The van der Waals surface area contributed by atoms with Gasteiger partial charge in [0.05, 0.1) is 12.0 Å². The first-order valence-corrected chi connectivity index (χ1v) is 12.2. The van der Waals surface area contributed by atoms with Gasteiger partial charge in [-0.1, -0.05) is 42.5 Å². The summed E-state index contributed by atoms with van der Waals surface area (Å²) in [5.41, 5.74) is 3.56. The van der Waals surface area contributed by atoms with Gasteiger partial charge in [0.1, 0.15) is 11.1 Å². The van der Waals surface area contributed by atoms with Gasteiger partial charge >= 0.3 is 0 Å². The highest BCUT2D eigenvalue weighted by Crippen LogP contribution is 2.38. The number of rotatable bonds is 6. The highest BCUT2D eigenvalue weighted by Gasteiger charge is 2.27. The number of benzene rings is 2. The van der Waals surface area contributed by atoms with Crippen molar-refractivity contribution in [1.82, 2.24) is 4.90 Å². The van der Waals surface area contributed by atoms with E-state index < -0.39 is 11.1 Å². The van der Waals surface area contributed by atoms with Crippen molar-refractivity contribution in [3.8, 4) is 6.07 Å². The third-order valence-electron chi connectivity index (χ3n) is 5.76. The molecular weight excluding hydrogens is 442 g/mol. The normalized spacial score (nSPS) is 15.4. The van der Waals surface area contributed by atoms with E-state index in [4.69, 9.17) is 0 Å². The molecule has 2 heterocycles. The molecule has 8 heteroatoms. The van der Waals surface area contributed by atoms with Crippen LogP contribution in [0.4, 0.5) is 5.00 Å². The molecule has 1 N–H and O–H groups in total. The number of anilines is 1. The molecule has 0 fully saturated rings. The van der Waals surface area contributed by atoms with Gasteiger partial charge in [0.2, 0.25) is 5.91 Å². The Kier molecular flexibility index (Phi) is 6.82. The largest absolute Gasteiger partial charge is 0.768 e. The van der Waals surface area contributed by atoms with Crippen LogP contribution in [0.25, 0.3) is 0 Å². The molecule has 1 aliphatic rings. The summed E-state index contributed by atoms with van der Waals surface area (Å²) in [4.78, 5) is 16.3. The van der Waals surface area contributed by atoms with Crippen molar-refractivity contribution in [2.45, 2.75) is 37.2 Å². The van der Waals surface area contributed by atoms with Crippen molar-refractivity contribution in [1.29, 1.82) is 5.26 Å². The quantitative estimate of drug-likeness (QED) is 0.553. The molecule has 32 heavy (non-hydrogen) atoms. The van der Waals surface area contributed by atoms with Gasteiger partial charge in [-0.25, -0.2) is 0 Å². The SMILES string of the molecule is CC(c1ccccc1)N1CCc2c(sc(NC(=O)Cc3ccc(S(=O)[O-])cc3)c2C#N)C1. The molecule has 1 amide bonds. The number of fused-ring (bicyclic) bond motifs is 1. The van der Waals surface area contributed by atoms with Crippen LogP contribution in [0.15, 0.2) is 59.5 Å². The molecule has 2 aromatic carbocycles. The summed E-state index contributed by atoms with van der Waals surface area (Å²) in [6.45, 7) is 3.79. The topological polar surface area (TPSA) is 96.3 Å². The smallest absolute Gasteiger partial charge is 0.229 e. The minimum absolute atomic E-state index is 0.108. The molecule has 2 unspecified atom stereocenters. The van der Waals surface area contributed by atoms with Crippen LogP contribution >= 0.6 is 11.3 Å². The second-order valence-corrected chi connectivity index (χ2v) is 9.78. The lowest BCUT2D eigenvalue weighted by Crippen LogP contribution is -2.32. The molecule has 6 nitrogen and oxygen atoms in total. The Bertz CT molecular complexity index is 1180. The fraction of sp³-hybridized carbons (Fsp3) is 0.250. The van der Waals surface area contributed by atoms with E-state index in [1.54, 1.807) is 12.1 Å². The van der Waals surface area contributed by atoms with E-state index >= 15 is 0 Å². The second-order valence-electron chi connectivity index (χ2n) is 7.73. The number of carbonyl (C=O) groups is 1. The number of hydrogen-bond acceptors (Lipinski definition) is 6. The molecular formula is C24H22N3O3S2-. The van der Waals surface area contributed by atoms with Crippen molar-refractivity contribution >= 4 is 33.3 Å². The minimum Gasteiger partial charge on any atom is -0.768 e. The molecule has 164 valence electrons. The Labute approximate surface area is 193 Å². The first kappa shape index (κ1) is 22.4. The van der Waals surface area contributed by atoms with Crippen LogP contribution in [0.3, 0.4) is 0 Å². The summed E-state index contributed by atoms with van der Waals surface area (Å²) in [5.74, 6) is -0.231. The summed E-state index contributed by atoms with van der Waals surface area (Å²) in [5, 5.41) is 13.2. The van der Waals surface area contributed by atoms with Gasteiger partial charge in [-0.05, 0) is 53.2 Å². The molecule has 0 aliphatic carbocycles. The van der Waals surface area contributed by atoms with Gasteiger partial charge < -0.3 is 9.87 Å². The van der Waals surface area contributed by atoms with Crippen LogP contribution in [-0.4, -0.2) is 26.1 Å². The van der Waals surface area contributed by atoms with Crippen LogP contribution in [0.2, 0.25) is 0 Å². The molecule has 3 aromatic rings. The van der Waals surface area contributed by atoms with E-state index in [0.717, 1.165) is 30.0 Å². The lowest BCUT2D eigenvalue weighted by molar-refractivity contribution is -0.115. The fourth-order valence-corrected chi connectivity index (χ4v) is 5.58. The van der Waals surface area contributed by atoms with Crippen molar-refractivity contribution in [2.24, 2.45) is 0 Å². The Morgan fingerprint density at radius 3 is 2.62 bits per heavy atom. The first-order chi connectivity index (χ1) is 15.5. The standard InChI is InChI=1S/C24H23N3O3S2/c1-16(18-5-3-2-4-6-18)27-12-11-20-21(14-25)24(31-22(20)15-27)26-23(28)13-17-7-9-19(10-8-17)32(29)30/h2-10,16H,11-13,15H2,1H3,(H,26,28)(H,29,30)/p-1. The van der Waals surface area contributed by atoms with E-state index in [1.807, 2.05) is 18.2 Å². The van der Waals surface area contributed by atoms with E-state index in [9.17, 15) is 18.8 Å². The number of hydrogen-bond donors (Lipinski definition) is 1. The van der Waals surface area contributed by atoms with E-state index in [1.165, 1.54) is 29.0 Å². The summed E-state index contributed by atoms with van der Waals surface area (Å²) in [7, 11) is 0. The average Bonchev–Trinajstić information content (AvgIpc) is 3.15. The van der Waals surface area contributed by atoms with Gasteiger partial charge in [-0.2, -0.15) is 5.26 Å². The number of nitriles is 1. The van der Waals surface area contributed by atoms with Crippen LogP contribution in [-0.2, 0) is 35.3 Å². The minimum atomic E-state index is -2.29. The first-order valence-electron chi connectivity index (χ1n) is 10.3. The third-order valence-corrected chi connectivity index (χ3v) is 7.55. The zero-order valence-electron chi connectivity index (χ0n) is 17.5. The number of nitrogens with zero attached hydrogens (tertiary/aromatic N) is 2. The van der Waals surface area contributed by atoms with Crippen LogP contribution < -0.4 is 5.32 Å². The Balaban J connectivity index is 1.47. The number of amides is 1. The van der Waals surface area contributed by atoms with Crippen molar-refractivity contribution in [3.05, 3.63) is 81.7 Å². The second kappa shape index (κ2) is 9.76. The molecule has 1 aromatic heterocycles. The van der Waals surface area contributed by atoms with Crippen LogP contribution in [0.5, 0.6) is 0 Å².